The molecule has 0 aliphatic heterocycles. The van der Waals surface area contributed by atoms with Gasteiger partial charge in [0.1, 0.15) is 12.1 Å². The zero-order valence-corrected chi connectivity index (χ0v) is 10.1. The number of rotatable bonds is 7. The Morgan fingerprint density at radius 3 is 2.88 bits per heavy atom. The molecule has 0 radical (unpaired) electrons. The summed E-state index contributed by atoms with van der Waals surface area (Å²) in [7, 11) is 1.61. The summed E-state index contributed by atoms with van der Waals surface area (Å²) in [5.41, 5.74) is 0.932. The van der Waals surface area contributed by atoms with Crippen LogP contribution < -0.4 is 10.1 Å². The van der Waals surface area contributed by atoms with Crippen molar-refractivity contribution in [2.75, 3.05) is 32.2 Å². The van der Waals surface area contributed by atoms with Crippen LogP contribution in [-0.4, -0.2) is 36.8 Å². The van der Waals surface area contributed by atoms with E-state index in [1.165, 1.54) is 6.33 Å². The summed E-state index contributed by atoms with van der Waals surface area (Å²) in [6.45, 7) is 6.29. The summed E-state index contributed by atoms with van der Waals surface area (Å²) in [5.74, 6) is 1.44. The number of aromatic nitrogens is 2. The molecule has 1 N–H and O–H groups in total. The monoisotopic (exact) mass is 225 g/mol. The highest BCUT2D eigenvalue weighted by atomic mass is 16.5. The highest BCUT2D eigenvalue weighted by Gasteiger charge is 2.05. The molecule has 0 aliphatic rings. The number of anilines is 1. The van der Waals surface area contributed by atoms with Crippen molar-refractivity contribution in [3.63, 3.8) is 0 Å². The van der Waals surface area contributed by atoms with Gasteiger partial charge in [0.15, 0.2) is 0 Å². The highest BCUT2D eigenvalue weighted by molar-refractivity contribution is 5.47. The Bertz CT molecular complexity index is 318. The summed E-state index contributed by atoms with van der Waals surface area (Å²) in [4.78, 5) is 8.18. The van der Waals surface area contributed by atoms with E-state index in [0.29, 0.717) is 5.88 Å². The smallest absolute Gasteiger partial charge is 0.221 e. The van der Waals surface area contributed by atoms with Crippen LogP contribution >= 0.6 is 0 Å². The van der Waals surface area contributed by atoms with Crippen molar-refractivity contribution in [1.29, 1.82) is 0 Å². The topological polar surface area (TPSA) is 56.3 Å². The van der Waals surface area contributed by atoms with Crippen molar-refractivity contribution in [3.05, 3.63) is 11.9 Å². The first-order valence-corrected chi connectivity index (χ1v) is 5.46. The molecule has 0 unspecified atom stereocenters. The summed E-state index contributed by atoms with van der Waals surface area (Å²) in [6.07, 6.45) is 2.45. The van der Waals surface area contributed by atoms with Crippen LogP contribution in [0.2, 0.25) is 0 Å². The molecule has 1 heterocycles. The molecule has 0 fully saturated rings. The third-order valence-electron chi connectivity index (χ3n) is 2.19. The third kappa shape index (κ3) is 3.66. The van der Waals surface area contributed by atoms with Gasteiger partial charge >= 0.3 is 0 Å². The van der Waals surface area contributed by atoms with E-state index >= 15 is 0 Å². The normalized spacial score (nSPS) is 10.2. The minimum Gasteiger partial charge on any atom is -0.481 e. The van der Waals surface area contributed by atoms with Crippen LogP contribution in [0.4, 0.5) is 5.82 Å². The summed E-state index contributed by atoms with van der Waals surface area (Å²) >= 11 is 0. The van der Waals surface area contributed by atoms with Gasteiger partial charge in [-0.15, -0.1) is 0 Å². The molecule has 1 aromatic rings. The molecule has 0 bridgehead atoms. The lowest BCUT2D eigenvalue weighted by molar-refractivity contribution is 0.147. The lowest BCUT2D eigenvalue weighted by atomic mass is 10.3. The average molecular weight is 225 g/mol. The molecular formula is C11H19N3O2. The van der Waals surface area contributed by atoms with Gasteiger partial charge in [-0.1, -0.05) is 0 Å². The van der Waals surface area contributed by atoms with Gasteiger partial charge in [0.2, 0.25) is 5.88 Å². The van der Waals surface area contributed by atoms with Crippen LogP contribution in [-0.2, 0) is 4.74 Å². The zero-order valence-electron chi connectivity index (χ0n) is 10.1. The fourth-order valence-electron chi connectivity index (χ4n) is 1.34. The highest BCUT2D eigenvalue weighted by Crippen LogP contribution is 2.19. The maximum absolute atomic E-state index is 5.25. The first-order valence-electron chi connectivity index (χ1n) is 5.46. The van der Waals surface area contributed by atoms with E-state index in [1.807, 2.05) is 13.8 Å². The van der Waals surface area contributed by atoms with Crippen LogP contribution in [0.15, 0.2) is 6.33 Å². The van der Waals surface area contributed by atoms with Crippen LogP contribution in [0.5, 0.6) is 5.88 Å². The predicted octanol–water partition coefficient (Wildman–Crippen LogP) is 1.63. The number of nitrogens with one attached hydrogen (secondary N) is 1. The number of nitrogens with zero attached hydrogens (tertiary/aromatic N) is 2. The quantitative estimate of drug-likeness (QED) is 0.715. The van der Waals surface area contributed by atoms with Gasteiger partial charge < -0.3 is 14.8 Å². The SMILES string of the molecule is CCOCCCNc1ncnc(OC)c1C. The fourth-order valence-corrected chi connectivity index (χ4v) is 1.34. The van der Waals surface area contributed by atoms with Crippen LogP contribution in [0, 0.1) is 6.92 Å². The second kappa shape index (κ2) is 7.00. The standard InChI is InChI=1S/C11H19N3O2/c1-4-16-7-5-6-12-10-9(2)11(15-3)14-8-13-10/h8H,4-7H2,1-3H3,(H,12,13,14). The van der Waals surface area contributed by atoms with Crippen molar-refractivity contribution >= 4 is 5.82 Å². The Morgan fingerprint density at radius 2 is 2.19 bits per heavy atom. The molecule has 90 valence electrons. The predicted molar refractivity (Wildman–Crippen MR) is 62.9 cm³/mol. The molecule has 5 nitrogen and oxygen atoms in total. The molecule has 1 aromatic heterocycles. The molecule has 1 rings (SSSR count). The molecular weight excluding hydrogens is 206 g/mol. The average Bonchev–Trinajstić information content (AvgIpc) is 2.31. The zero-order chi connectivity index (χ0) is 11.8. The summed E-state index contributed by atoms with van der Waals surface area (Å²) < 4.78 is 10.4. The van der Waals surface area contributed by atoms with Gasteiger partial charge in [-0.05, 0) is 20.3 Å². The van der Waals surface area contributed by atoms with Crippen molar-refractivity contribution in [2.24, 2.45) is 0 Å². The van der Waals surface area contributed by atoms with E-state index in [9.17, 15) is 0 Å². The van der Waals surface area contributed by atoms with Gasteiger partial charge in [-0.3, -0.25) is 0 Å². The first-order chi connectivity index (χ1) is 7.79. The van der Waals surface area contributed by atoms with Crippen molar-refractivity contribution in [3.8, 4) is 5.88 Å². The number of hydrogen-bond donors (Lipinski definition) is 1. The molecule has 0 saturated carbocycles. The number of ether oxygens (including phenoxy) is 2. The van der Waals surface area contributed by atoms with Crippen molar-refractivity contribution in [1.82, 2.24) is 9.97 Å². The van der Waals surface area contributed by atoms with Gasteiger partial charge in [0.25, 0.3) is 0 Å². The molecule has 0 spiro atoms. The molecule has 16 heavy (non-hydrogen) atoms. The third-order valence-corrected chi connectivity index (χ3v) is 2.19. The lowest BCUT2D eigenvalue weighted by Crippen LogP contribution is -2.09. The van der Waals surface area contributed by atoms with Crippen LogP contribution in [0.3, 0.4) is 0 Å². The summed E-state index contributed by atoms with van der Waals surface area (Å²) in [5, 5.41) is 3.24. The van der Waals surface area contributed by atoms with E-state index < -0.39 is 0 Å². The second-order valence-electron chi connectivity index (χ2n) is 3.33. The maximum atomic E-state index is 5.25. The van der Waals surface area contributed by atoms with Gasteiger partial charge in [0.05, 0.1) is 12.7 Å². The van der Waals surface area contributed by atoms with E-state index in [-0.39, 0.29) is 0 Å². The Balaban J connectivity index is 2.41. The second-order valence-corrected chi connectivity index (χ2v) is 3.33. The first kappa shape index (κ1) is 12.7. The number of hydrogen-bond acceptors (Lipinski definition) is 5. The Morgan fingerprint density at radius 1 is 1.38 bits per heavy atom. The Kier molecular flexibility index (Phi) is 5.56. The van der Waals surface area contributed by atoms with E-state index in [2.05, 4.69) is 15.3 Å². The molecule has 0 aromatic carbocycles. The van der Waals surface area contributed by atoms with E-state index in [4.69, 9.17) is 9.47 Å². The van der Waals surface area contributed by atoms with Crippen molar-refractivity contribution in [2.45, 2.75) is 20.3 Å². The van der Waals surface area contributed by atoms with Gasteiger partial charge in [-0.25, -0.2) is 9.97 Å². The summed E-state index contributed by atoms with van der Waals surface area (Å²) in [6, 6.07) is 0. The van der Waals surface area contributed by atoms with E-state index in [1.54, 1.807) is 7.11 Å². The molecule has 0 saturated heterocycles. The molecule has 0 atom stereocenters. The molecule has 0 aliphatic carbocycles. The van der Waals surface area contributed by atoms with E-state index in [0.717, 1.165) is 37.6 Å². The lowest BCUT2D eigenvalue weighted by Gasteiger charge is -2.10. The Labute approximate surface area is 96.2 Å². The Hall–Kier alpha value is -1.36. The number of methoxy groups -OCH3 is 1. The molecule has 5 heteroatoms. The van der Waals surface area contributed by atoms with Crippen LogP contribution in [0.25, 0.3) is 0 Å². The maximum Gasteiger partial charge on any atom is 0.221 e. The molecule has 0 amide bonds. The van der Waals surface area contributed by atoms with Crippen LogP contribution in [0.1, 0.15) is 18.9 Å². The van der Waals surface area contributed by atoms with Gasteiger partial charge in [0, 0.05) is 19.8 Å². The minimum atomic E-state index is 0.613. The largest absolute Gasteiger partial charge is 0.481 e. The minimum absolute atomic E-state index is 0.613. The fraction of sp³-hybridized carbons (Fsp3) is 0.636. The van der Waals surface area contributed by atoms with Crippen molar-refractivity contribution < 1.29 is 9.47 Å². The van der Waals surface area contributed by atoms with Gasteiger partial charge in [-0.2, -0.15) is 0 Å².